The highest BCUT2D eigenvalue weighted by atomic mass is 16.2. The minimum absolute atomic E-state index is 0.00452. The Morgan fingerprint density at radius 1 is 1.23 bits per heavy atom. The molecule has 2 N–H and O–H groups in total. The number of guanidine groups is 1. The van der Waals surface area contributed by atoms with Crippen molar-refractivity contribution >= 4 is 23.7 Å². The van der Waals surface area contributed by atoms with Crippen molar-refractivity contribution in [2.75, 3.05) is 20.1 Å². The van der Waals surface area contributed by atoms with E-state index in [0.29, 0.717) is 24.0 Å². The zero-order valence-electron chi connectivity index (χ0n) is 15.1. The zero-order chi connectivity index (χ0) is 18.8. The molecule has 0 saturated carbocycles. The Bertz CT molecular complexity index is 746. The van der Waals surface area contributed by atoms with E-state index < -0.39 is 24.1 Å². The number of urea groups is 1. The number of carbonyl (C=O) groups is 3. The maximum Gasteiger partial charge on any atom is 0.325 e. The number of imide groups is 1. The molecule has 1 aromatic carbocycles. The van der Waals surface area contributed by atoms with Crippen molar-refractivity contribution in [1.29, 1.82) is 0 Å². The van der Waals surface area contributed by atoms with Gasteiger partial charge in [-0.1, -0.05) is 44.2 Å². The highest BCUT2D eigenvalue weighted by Crippen LogP contribution is 2.21. The molecule has 0 radical (unpaired) electrons. The van der Waals surface area contributed by atoms with Crippen LogP contribution in [0.25, 0.3) is 0 Å². The molecule has 0 bridgehead atoms. The van der Waals surface area contributed by atoms with Crippen LogP contribution in [0.2, 0.25) is 0 Å². The Morgan fingerprint density at radius 3 is 2.58 bits per heavy atom. The molecule has 3 amide bonds. The van der Waals surface area contributed by atoms with Gasteiger partial charge in [0.2, 0.25) is 0 Å². The third-order valence-electron chi connectivity index (χ3n) is 4.44. The van der Waals surface area contributed by atoms with Crippen molar-refractivity contribution in [1.82, 2.24) is 20.4 Å². The summed E-state index contributed by atoms with van der Waals surface area (Å²) in [7, 11) is 1.61. The molecule has 2 aliphatic heterocycles. The van der Waals surface area contributed by atoms with Crippen LogP contribution in [0.3, 0.4) is 0 Å². The van der Waals surface area contributed by atoms with Crippen molar-refractivity contribution in [3.8, 4) is 0 Å². The summed E-state index contributed by atoms with van der Waals surface area (Å²) >= 11 is 0. The van der Waals surface area contributed by atoms with Crippen molar-refractivity contribution < 1.29 is 14.4 Å². The number of rotatable bonds is 5. The van der Waals surface area contributed by atoms with E-state index in [0.717, 1.165) is 0 Å². The summed E-state index contributed by atoms with van der Waals surface area (Å²) in [6, 6.07) is 7.75. The summed E-state index contributed by atoms with van der Waals surface area (Å²) < 4.78 is 0. The van der Waals surface area contributed by atoms with Crippen LogP contribution in [-0.2, 0) is 4.79 Å². The number of fused-ring (bicyclic) bond motifs is 1. The Labute approximate surface area is 152 Å². The first kappa shape index (κ1) is 17.9. The fraction of sp³-hybridized carbons (Fsp3) is 0.444. The summed E-state index contributed by atoms with van der Waals surface area (Å²) in [6.07, 6.45) is -0.550. The van der Waals surface area contributed by atoms with Gasteiger partial charge in [-0.2, -0.15) is 0 Å². The molecule has 0 aromatic heterocycles. The van der Waals surface area contributed by atoms with Gasteiger partial charge in [-0.05, 0) is 5.92 Å². The average Bonchev–Trinajstić information content (AvgIpc) is 2.97. The van der Waals surface area contributed by atoms with Gasteiger partial charge in [0, 0.05) is 19.2 Å². The molecule has 26 heavy (non-hydrogen) atoms. The van der Waals surface area contributed by atoms with Crippen molar-refractivity contribution in [3.05, 3.63) is 35.9 Å². The third kappa shape index (κ3) is 3.40. The number of aliphatic imine (C=N–C) groups is 1. The predicted octanol–water partition coefficient (Wildman–Crippen LogP) is 0.663. The first-order chi connectivity index (χ1) is 12.4. The smallest absolute Gasteiger partial charge is 0.325 e. The van der Waals surface area contributed by atoms with Gasteiger partial charge in [0.05, 0.1) is 6.54 Å². The van der Waals surface area contributed by atoms with E-state index >= 15 is 0 Å². The van der Waals surface area contributed by atoms with E-state index in [1.807, 2.05) is 19.9 Å². The normalized spacial score (nSPS) is 23.9. The summed E-state index contributed by atoms with van der Waals surface area (Å²) in [4.78, 5) is 44.6. The van der Waals surface area contributed by atoms with Crippen LogP contribution in [0.1, 0.15) is 24.2 Å². The lowest BCUT2D eigenvalue weighted by Crippen LogP contribution is -2.65. The Kier molecular flexibility index (Phi) is 4.92. The molecule has 3 rings (SSSR count). The van der Waals surface area contributed by atoms with Gasteiger partial charge in [-0.15, -0.1) is 0 Å². The largest absolute Gasteiger partial charge is 0.333 e. The summed E-state index contributed by atoms with van der Waals surface area (Å²) in [6.45, 7) is 4.63. The number of ketones is 1. The number of nitrogens with zero attached hydrogens (tertiary/aromatic N) is 3. The predicted molar refractivity (Wildman–Crippen MR) is 96.6 cm³/mol. The molecule has 2 saturated heterocycles. The van der Waals surface area contributed by atoms with Crippen LogP contribution in [0.4, 0.5) is 4.79 Å². The number of amides is 3. The molecule has 8 nitrogen and oxygen atoms in total. The SMILES string of the molecule is CC(C)CN=C1NC2C(C(=O)NC(=O)N2C)N1CC(=O)c1ccccc1. The number of nitrogens with one attached hydrogen (secondary N) is 2. The Morgan fingerprint density at radius 2 is 1.92 bits per heavy atom. The highest BCUT2D eigenvalue weighted by molar-refractivity contribution is 6.06. The first-order valence-electron chi connectivity index (χ1n) is 8.62. The van der Waals surface area contributed by atoms with Crippen LogP contribution < -0.4 is 10.6 Å². The first-order valence-corrected chi connectivity index (χ1v) is 8.62. The summed E-state index contributed by atoms with van der Waals surface area (Å²) in [5.41, 5.74) is 0.569. The summed E-state index contributed by atoms with van der Waals surface area (Å²) in [5.74, 6) is 0.250. The van der Waals surface area contributed by atoms with Gasteiger partial charge >= 0.3 is 6.03 Å². The molecule has 2 atom stereocenters. The number of hydrogen-bond donors (Lipinski definition) is 2. The minimum Gasteiger partial charge on any atom is -0.333 e. The van der Waals surface area contributed by atoms with E-state index in [1.165, 1.54) is 4.90 Å². The molecule has 2 unspecified atom stereocenters. The second-order valence-corrected chi connectivity index (χ2v) is 6.91. The van der Waals surface area contributed by atoms with Crippen LogP contribution in [0.15, 0.2) is 35.3 Å². The fourth-order valence-corrected chi connectivity index (χ4v) is 3.03. The molecule has 2 fully saturated rings. The van der Waals surface area contributed by atoms with E-state index in [1.54, 1.807) is 36.2 Å². The standard InChI is InChI=1S/C18H23N5O3/c1-11(2)9-19-17-20-15-14(16(25)21-18(26)22(15)3)23(17)10-13(24)12-7-5-4-6-8-12/h4-8,11,14-15H,9-10H2,1-3H3,(H,19,20)(H,21,25,26). The maximum absolute atomic E-state index is 12.7. The third-order valence-corrected chi connectivity index (χ3v) is 4.44. The average molecular weight is 357 g/mol. The molecular weight excluding hydrogens is 334 g/mol. The zero-order valence-corrected chi connectivity index (χ0v) is 15.1. The van der Waals surface area contributed by atoms with Gasteiger partial charge < -0.3 is 15.1 Å². The molecule has 138 valence electrons. The van der Waals surface area contributed by atoms with E-state index in [9.17, 15) is 14.4 Å². The van der Waals surface area contributed by atoms with Gasteiger partial charge in [-0.3, -0.25) is 19.9 Å². The molecule has 0 aliphatic carbocycles. The lowest BCUT2D eigenvalue weighted by Gasteiger charge is -2.35. The molecule has 8 heteroatoms. The second-order valence-electron chi connectivity index (χ2n) is 6.91. The lowest BCUT2D eigenvalue weighted by molar-refractivity contribution is -0.126. The van der Waals surface area contributed by atoms with Crippen molar-refractivity contribution in [2.45, 2.75) is 26.1 Å². The van der Waals surface area contributed by atoms with Crippen LogP contribution >= 0.6 is 0 Å². The lowest BCUT2D eigenvalue weighted by atomic mass is 10.1. The number of carbonyl (C=O) groups excluding carboxylic acids is 3. The molecule has 0 spiro atoms. The number of hydrogen-bond acceptors (Lipinski definition) is 4. The van der Waals surface area contributed by atoms with Gasteiger partial charge in [0.25, 0.3) is 5.91 Å². The van der Waals surface area contributed by atoms with E-state index in [2.05, 4.69) is 15.6 Å². The second kappa shape index (κ2) is 7.15. The van der Waals surface area contributed by atoms with Gasteiger partial charge in [0.15, 0.2) is 17.8 Å². The molecule has 2 heterocycles. The van der Waals surface area contributed by atoms with Crippen LogP contribution in [0, 0.1) is 5.92 Å². The topological polar surface area (TPSA) is 94.1 Å². The number of benzene rings is 1. The minimum atomic E-state index is -0.698. The highest BCUT2D eigenvalue weighted by Gasteiger charge is 2.50. The quantitative estimate of drug-likeness (QED) is 0.755. The Hall–Kier alpha value is -2.90. The summed E-state index contributed by atoms with van der Waals surface area (Å²) in [5, 5.41) is 5.46. The molecular formula is C18H23N5O3. The van der Waals surface area contributed by atoms with Gasteiger partial charge in [-0.25, -0.2) is 4.79 Å². The van der Waals surface area contributed by atoms with E-state index in [-0.39, 0.29) is 12.3 Å². The Balaban J connectivity index is 1.89. The van der Waals surface area contributed by atoms with Crippen LogP contribution in [-0.4, -0.2) is 65.8 Å². The maximum atomic E-state index is 12.7. The van der Waals surface area contributed by atoms with Crippen molar-refractivity contribution in [2.24, 2.45) is 10.9 Å². The number of Topliss-reactive ketones (excluding diaryl/α,β-unsaturated/α-hetero) is 1. The molecule has 2 aliphatic rings. The van der Waals surface area contributed by atoms with E-state index in [4.69, 9.17) is 0 Å². The number of likely N-dealkylation sites (N-methyl/N-ethyl adjacent to an activating group) is 1. The monoisotopic (exact) mass is 357 g/mol. The van der Waals surface area contributed by atoms with Crippen LogP contribution in [0.5, 0.6) is 0 Å². The molecule has 1 aromatic rings. The van der Waals surface area contributed by atoms with Gasteiger partial charge in [0.1, 0.15) is 6.17 Å². The van der Waals surface area contributed by atoms with Crippen molar-refractivity contribution in [3.63, 3.8) is 0 Å². The fourth-order valence-electron chi connectivity index (χ4n) is 3.03.